The third kappa shape index (κ3) is 4.69. The average Bonchev–Trinajstić information content (AvgIpc) is 3.45. The fourth-order valence-corrected chi connectivity index (χ4v) is 9.82. The summed E-state index contributed by atoms with van der Waals surface area (Å²) < 4.78 is 0. The summed E-state index contributed by atoms with van der Waals surface area (Å²) in [6, 6.07) is 36.2. The number of aromatic hydroxyl groups is 1. The minimum Gasteiger partial charge on any atom is -0.507 e. The molecule has 260 valence electrons. The highest BCUT2D eigenvalue weighted by Gasteiger charge is 2.66. The second kappa shape index (κ2) is 12.2. The van der Waals surface area contributed by atoms with E-state index < -0.39 is 35.0 Å². The van der Waals surface area contributed by atoms with Gasteiger partial charge in [-0.05, 0) is 72.5 Å². The van der Waals surface area contributed by atoms with Crippen LogP contribution in [0.25, 0.3) is 16.3 Å². The fourth-order valence-electron chi connectivity index (χ4n) is 9.82. The van der Waals surface area contributed by atoms with Gasteiger partial charge >= 0.3 is 0 Å². The number of hydrogen-bond acceptors (Lipinski definition) is 6. The highest BCUT2D eigenvalue weighted by molar-refractivity contribution is 6.32. The molecule has 5 aromatic carbocycles. The first-order valence-corrected chi connectivity index (χ1v) is 18.0. The molecule has 1 saturated carbocycles. The monoisotopic (exact) mass is 697 g/mol. The van der Waals surface area contributed by atoms with E-state index in [2.05, 4.69) is 0 Å². The highest BCUT2D eigenvalue weighted by Crippen LogP contribution is 2.64. The number of ketones is 3. The van der Waals surface area contributed by atoms with E-state index in [9.17, 15) is 19.5 Å². The van der Waals surface area contributed by atoms with Crippen molar-refractivity contribution in [2.24, 2.45) is 23.7 Å². The number of carbonyl (C=O) groups excluding carboxylic acids is 5. The van der Waals surface area contributed by atoms with Gasteiger partial charge in [-0.1, -0.05) is 109 Å². The maximum Gasteiger partial charge on any atom is 0.238 e. The number of fused-ring (bicyclic) bond motifs is 5. The Morgan fingerprint density at radius 1 is 0.755 bits per heavy atom. The molecule has 6 atom stereocenters. The van der Waals surface area contributed by atoms with Gasteiger partial charge in [0, 0.05) is 33.9 Å². The molecule has 1 heterocycles. The number of benzene rings is 5. The molecule has 7 nitrogen and oxygen atoms in total. The summed E-state index contributed by atoms with van der Waals surface area (Å²) in [6.45, 7) is 1.46. The maximum absolute atomic E-state index is 15.3. The van der Waals surface area contributed by atoms with Gasteiger partial charge in [-0.2, -0.15) is 0 Å². The first-order chi connectivity index (χ1) is 25.7. The Hall–Kier alpha value is -6.21. The molecule has 1 saturated heterocycles. The topological polar surface area (TPSA) is 109 Å². The molecular formula is C46H35NO6. The molecule has 5 aromatic rings. The van der Waals surface area contributed by atoms with E-state index >= 15 is 9.59 Å². The lowest BCUT2D eigenvalue weighted by molar-refractivity contribution is -0.135. The second-order valence-corrected chi connectivity index (χ2v) is 14.6. The van der Waals surface area contributed by atoms with E-state index in [4.69, 9.17) is 0 Å². The smallest absolute Gasteiger partial charge is 0.238 e. The normalized spacial score (nSPS) is 26.4. The predicted molar refractivity (Wildman–Crippen MR) is 201 cm³/mol. The number of amides is 2. The molecule has 0 aromatic heterocycles. The Morgan fingerprint density at radius 3 is 2.15 bits per heavy atom. The number of Topliss-reactive ketones (excluding diaryl/α,β-unsaturated/α-hetero) is 2. The summed E-state index contributed by atoms with van der Waals surface area (Å²) in [5.41, 5.74) is 2.30. The molecule has 0 radical (unpaired) electrons. The van der Waals surface area contributed by atoms with Crippen molar-refractivity contribution in [1.82, 2.24) is 0 Å². The number of imide groups is 1. The molecule has 1 N–H and O–H groups in total. The van der Waals surface area contributed by atoms with Crippen molar-refractivity contribution in [3.63, 3.8) is 0 Å². The van der Waals surface area contributed by atoms with Crippen LogP contribution in [0.4, 0.5) is 5.69 Å². The van der Waals surface area contributed by atoms with E-state index in [1.807, 2.05) is 103 Å². The molecule has 4 aliphatic rings. The van der Waals surface area contributed by atoms with Crippen LogP contribution in [0.15, 0.2) is 139 Å². The fraction of sp³-hybridized carbons (Fsp3) is 0.196. The zero-order chi connectivity index (χ0) is 36.6. The molecule has 2 fully saturated rings. The van der Waals surface area contributed by atoms with E-state index in [1.54, 1.807) is 24.3 Å². The number of phenolic OH excluding ortho intramolecular Hbond substituents is 1. The van der Waals surface area contributed by atoms with Gasteiger partial charge in [-0.3, -0.25) is 28.9 Å². The summed E-state index contributed by atoms with van der Waals surface area (Å²) in [5.74, 6) is -5.02. The molecule has 1 aliphatic heterocycles. The van der Waals surface area contributed by atoms with Crippen LogP contribution < -0.4 is 4.90 Å². The summed E-state index contributed by atoms with van der Waals surface area (Å²) in [7, 11) is 0. The number of hydrogen-bond donors (Lipinski definition) is 1. The molecule has 9 rings (SSSR count). The van der Waals surface area contributed by atoms with Crippen molar-refractivity contribution < 1.29 is 29.1 Å². The standard InChI is InChI=1S/C46H35NO6/c1-26(48)27-16-19-31(20-17-27)47-44(52)34-23-22-33-37(40(34)45(47)53)24-38-43(51)36(28-10-4-2-5-11-28)25-39(49)46(38,30-13-6-3-7-14-30)41(33)35-21-18-29-12-8-9-15-32(29)42(35)50/h2-22,25,34,37-38,40-41,50H,23-24H2,1H3. The van der Waals surface area contributed by atoms with E-state index in [0.29, 0.717) is 38.9 Å². The first kappa shape index (κ1) is 32.7. The Morgan fingerprint density at radius 2 is 1.43 bits per heavy atom. The van der Waals surface area contributed by atoms with Gasteiger partial charge in [-0.25, -0.2) is 0 Å². The van der Waals surface area contributed by atoms with Gasteiger partial charge in [0.25, 0.3) is 0 Å². The van der Waals surface area contributed by atoms with E-state index in [0.717, 1.165) is 11.0 Å². The first-order valence-electron chi connectivity index (χ1n) is 18.0. The van der Waals surface area contributed by atoms with Crippen molar-refractivity contribution in [3.05, 3.63) is 161 Å². The Balaban J connectivity index is 1.27. The average molecular weight is 698 g/mol. The number of carbonyl (C=O) groups is 5. The second-order valence-electron chi connectivity index (χ2n) is 14.6. The van der Waals surface area contributed by atoms with Crippen LogP contribution >= 0.6 is 0 Å². The van der Waals surface area contributed by atoms with Gasteiger partial charge in [-0.15, -0.1) is 0 Å². The van der Waals surface area contributed by atoms with Gasteiger partial charge in [0.05, 0.1) is 22.9 Å². The lowest BCUT2D eigenvalue weighted by atomic mass is 9.44. The molecule has 0 spiro atoms. The lowest BCUT2D eigenvalue weighted by Gasteiger charge is -2.55. The van der Waals surface area contributed by atoms with Crippen molar-refractivity contribution in [2.75, 3.05) is 4.90 Å². The maximum atomic E-state index is 15.3. The van der Waals surface area contributed by atoms with Crippen molar-refractivity contribution in [3.8, 4) is 5.75 Å². The van der Waals surface area contributed by atoms with Gasteiger partial charge in [0.2, 0.25) is 11.8 Å². The minimum absolute atomic E-state index is 0.0185. The third-order valence-corrected chi connectivity index (χ3v) is 12.1. The van der Waals surface area contributed by atoms with Crippen LogP contribution in [-0.4, -0.2) is 34.3 Å². The molecule has 2 amide bonds. The van der Waals surface area contributed by atoms with Crippen LogP contribution in [0.1, 0.15) is 52.7 Å². The van der Waals surface area contributed by atoms with Gasteiger partial charge in [0.1, 0.15) is 5.75 Å². The minimum atomic E-state index is -1.44. The molecule has 3 aliphatic carbocycles. The van der Waals surface area contributed by atoms with E-state index in [-0.39, 0.29) is 47.8 Å². The number of phenols is 1. The molecule has 6 unspecified atom stereocenters. The third-order valence-electron chi connectivity index (χ3n) is 12.1. The Bertz CT molecular complexity index is 2450. The Kier molecular flexibility index (Phi) is 7.52. The zero-order valence-corrected chi connectivity index (χ0v) is 28.9. The van der Waals surface area contributed by atoms with Crippen molar-refractivity contribution in [1.29, 1.82) is 0 Å². The molecule has 7 heteroatoms. The van der Waals surface area contributed by atoms with Crippen LogP contribution in [0, 0.1) is 23.7 Å². The van der Waals surface area contributed by atoms with Gasteiger partial charge < -0.3 is 5.11 Å². The number of nitrogens with zero attached hydrogens (tertiary/aromatic N) is 1. The van der Waals surface area contributed by atoms with Crippen LogP contribution in [0.2, 0.25) is 0 Å². The predicted octanol–water partition coefficient (Wildman–Crippen LogP) is 7.78. The number of allylic oxidation sites excluding steroid dienone is 4. The highest BCUT2D eigenvalue weighted by atomic mass is 16.3. The van der Waals surface area contributed by atoms with Crippen LogP contribution in [0.3, 0.4) is 0 Å². The van der Waals surface area contributed by atoms with Crippen molar-refractivity contribution in [2.45, 2.75) is 31.1 Å². The number of rotatable bonds is 5. The van der Waals surface area contributed by atoms with Crippen molar-refractivity contribution >= 4 is 51.2 Å². The summed E-state index contributed by atoms with van der Waals surface area (Å²) >= 11 is 0. The Labute approximate surface area is 306 Å². The zero-order valence-electron chi connectivity index (χ0n) is 28.9. The molecule has 53 heavy (non-hydrogen) atoms. The molecular weight excluding hydrogens is 663 g/mol. The summed E-state index contributed by atoms with van der Waals surface area (Å²) in [6.07, 6.45) is 3.90. The van der Waals surface area contributed by atoms with E-state index in [1.165, 1.54) is 17.9 Å². The molecule has 0 bridgehead atoms. The lowest BCUT2D eigenvalue weighted by Crippen LogP contribution is -2.58. The largest absolute Gasteiger partial charge is 0.507 e. The van der Waals surface area contributed by atoms with Crippen LogP contribution in [0.5, 0.6) is 5.75 Å². The number of anilines is 1. The summed E-state index contributed by atoms with van der Waals surface area (Å²) in [4.78, 5) is 72.5. The van der Waals surface area contributed by atoms with Gasteiger partial charge in [0.15, 0.2) is 17.3 Å². The summed E-state index contributed by atoms with van der Waals surface area (Å²) in [5, 5.41) is 13.6. The van der Waals surface area contributed by atoms with Crippen LogP contribution in [-0.2, 0) is 24.6 Å². The SMILES string of the molecule is CC(=O)c1ccc(N2C(=O)C3CC=C4C(CC5C(=O)C(c6ccccc6)=CC(=O)C5(c5ccccc5)C4c4ccc5ccccc5c4O)C3C2=O)cc1. The quantitative estimate of drug-likeness (QED) is 0.114.